The average Bonchev–Trinajstić information content (AvgIpc) is 2.96. The van der Waals surface area contributed by atoms with E-state index in [9.17, 15) is 9.59 Å². The topological polar surface area (TPSA) is 49.4 Å². The van der Waals surface area contributed by atoms with E-state index in [1.165, 1.54) is 4.90 Å². The van der Waals surface area contributed by atoms with Gasteiger partial charge in [0.1, 0.15) is 5.70 Å². The van der Waals surface area contributed by atoms with Crippen LogP contribution in [0.15, 0.2) is 66.4 Å². The SMILES string of the molecule is Cc1ccc(C2=C(Nc3ccc(Cl)cc3C)C(=O)N(c3cc(C)ccc3C)C2=O)cc1. The van der Waals surface area contributed by atoms with Crippen LogP contribution in [-0.4, -0.2) is 11.8 Å². The van der Waals surface area contributed by atoms with E-state index >= 15 is 0 Å². The van der Waals surface area contributed by atoms with Crippen molar-refractivity contribution in [1.29, 1.82) is 0 Å². The van der Waals surface area contributed by atoms with Crippen molar-refractivity contribution in [3.8, 4) is 0 Å². The van der Waals surface area contributed by atoms with Gasteiger partial charge in [-0.3, -0.25) is 9.59 Å². The standard InChI is InChI=1S/C26H23ClN2O2/c1-15-6-9-19(10-7-15)23-24(28-21-12-11-20(27)14-18(21)4)26(31)29(25(23)30)22-13-16(2)5-8-17(22)3/h5-14,28H,1-4H3. The minimum atomic E-state index is -0.372. The summed E-state index contributed by atoms with van der Waals surface area (Å²) in [6.07, 6.45) is 0. The molecule has 0 spiro atoms. The second-order valence-corrected chi connectivity index (χ2v) is 8.37. The molecule has 1 aliphatic heterocycles. The molecule has 0 atom stereocenters. The molecule has 3 aromatic carbocycles. The lowest BCUT2D eigenvalue weighted by molar-refractivity contribution is -0.120. The second-order valence-electron chi connectivity index (χ2n) is 7.94. The van der Waals surface area contributed by atoms with Crippen LogP contribution in [0.25, 0.3) is 5.57 Å². The van der Waals surface area contributed by atoms with Crippen LogP contribution in [0.3, 0.4) is 0 Å². The smallest absolute Gasteiger partial charge is 0.282 e. The van der Waals surface area contributed by atoms with Crippen molar-refractivity contribution in [2.24, 2.45) is 0 Å². The van der Waals surface area contributed by atoms with E-state index in [4.69, 9.17) is 11.6 Å². The molecule has 0 bridgehead atoms. The lowest BCUT2D eigenvalue weighted by Crippen LogP contribution is -2.33. The Labute approximate surface area is 187 Å². The van der Waals surface area contributed by atoms with Gasteiger partial charge in [0, 0.05) is 10.7 Å². The Hall–Kier alpha value is -3.37. The van der Waals surface area contributed by atoms with Gasteiger partial charge in [-0.05, 0) is 74.2 Å². The van der Waals surface area contributed by atoms with Crippen LogP contribution in [0, 0.1) is 27.7 Å². The molecule has 31 heavy (non-hydrogen) atoms. The van der Waals surface area contributed by atoms with Crippen LogP contribution in [0.2, 0.25) is 5.02 Å². The molecule has 1 aliphatic rings. The number of anilines is 2. The number of hydrogen-bond acceptors (Lipinski definition) is 3. The molecule has 2 amide bonds. The molecule has 0 radical (unpaired) electrons. The highest BCUT2D eigenvalue weighted by Crippen LogP contribution is 2.36. The van der Waals surface area contributed by atoms with E-state index in [1.54, 1.807) is 6.07 Å². The van der Waals surface area contributed by atoms with Crippen molar-refractivity contribution >= 4 is 40.4 Å². The van der Waals surface area contributed by atoms with Gasteiger partial charge in [0.2, 0.25) is 0 Å². The fraction of sp³-hybridized carbons (Fsp3) is 0.154. The minimum absolute atomic E-state index is 0.264. The fourth-order valence-corrected chi connectivity index (χ4v) is 3.94. The Balaban J connectivity index is 1.87. The number of nitrogens with zero attached hydrogens (tertiary/aromatic N) is 1. The molecule has 4 rings (SSSR count). The van der Waals surface area contributed by atoms with E-state index in [1.807, 2.05) is 82.3 Å². The fourth-order valence-electron chi connectivity index (χ4n) is 3.71. The molecule has 0 unspecified atom stereocenters. The number of benzene rings is 3. The zero-order chi connectivity index (χ0) is 22.3. The quantitative estimate of drug-likeness (QED) is 0.518. The molecule has 1 heterocycles. The number of amides is 2. The third kappa shape index (κ3) is 3.87. The Kier molecular flexibility index (Phi) is 5.42. The molecule has 4 nitrogen and oxygen atoms in total. The maximum Gasteiger partial charge on any atom is 0.282 e. The van der Waals surface area contributed by atoms with Crippen LogP contribution >= 0.6 is 11.6 Å². The normalized spacial score (nSPS) is 13.9. The van der Waals surface area contributed by atoms with Crippen molar-refractivity contribution in [3.05, 3.63) is 99.2 Å². The minimum Gasteiger partial charge on any atom is -0.350 e. The number of imide groups is 1. The summed E-state index contributed by atoms with van der Waals surface area (Å²) in [5.74, 6) is -0.708. The Morgan fingerprint density at radius 1 is 0.742 bits per heavy atom. The van der Waals surface area contributed by atoms with Gasteiger partial charge in [0.25, 0.3) is 11.8 Å². The third-order valence-electron chi connectivity index (χ3n) is 5.48. The van der Waals surface area contributed by atoms with Gasteiger partial charge in [-0.1, -0.05) is 53.6 Å². The number of aryl methyl sites for hydroxylation is 4. The maximum atomic E-state index is 13.6. The van der Waals surface area contributed by atoms with Crippen molar-refractivity contribution in [2.75, 3.05) is 10.2 Å². The molecular formula is C26H23ClN2O2. The molecule has 5 heteroatoms. The van der Waals surface area contributed by atoms with Gasteiger partial charge in [-0.15, -0.1) is 0 Å². The van der Waals surface area contributed by atoms with Crippen LogP contribution in [0.1, 0.15) is 27.8 Å². The summed E-state index contributed by atoms with van der Waals surface area (Å²) in [6, 6.07) is 18.8. The molecule has 156 valence electrons. The summed E-state index contributed by atoms with van der Waals surface area (Å²) in [6.45, 7) is 7.73. The predicted octanol–water partition coefficient (Wildman–Crippen LogP) is 5.97. The number of hydrogen-bond donors (Lipinski definition) is 1. The van der Waals surface area contributed by atoms with E-state index in [0.717, 1.165) is 27.9 Å². The summed E-state index contributed by atoms with van der Waals surface area (Å²) < 4.78 is 0. The van der Waals surface area contributed by atoms with Crippen LogP contribution < -0.4 is 10.2 Å². The molecule has 0 saturated heterocycles. The predicted molar refractivity (Wildman–Crippen MR) is 126 cm³/mol. The Bertz CT molecular complexity index is 1240. The maximum absolute atomic E-state index is 13.6. The van der Waals surface area contributed by atoms with E-state index in [0.29, 0.717) is 21.8 Å². The summed E-state index contributed by atoms with van der Waals surface area (Å²) in [5, 5.41) is 3.84. The lowest BCUT2D eigenvalue weighted by atomic mass is 10.0. The van der Waals surface area contributed by atoms with Crippen molar-refractivity contribution in [1.82, 2.24) is 0 Å². The monoisotopic (exact) mass is 430 g/mol. The third-order valence-corrected chi connectivity index (χ3v) is 5.71. The summed E-state index contributed by atoms with van der Waals surface area (Å²) in [5.41, 5.74) is 6.46. The first kappa shape index (κ1) is 20.9. The van der Waals surface area contributed by atoms with Gasteiger partial charge in [0.05, 0.1) is 11.3 Å². The molecule has 0 aliphatic carbocycles. The Morgan fingerprint density at radius 2 is 1.42 bits per heavy atom. The highest BCUT2D eigenvalue weighted by molar-refractivity contribution is 6.46. The van der Waals surface area contributed by atoms with Gasteiger partial charge < -0.3 is 5.32 Å². The van der Waals surface area contributed by atoms with Crippen LogP contribution in [0.4, 0.5) is 11.4 Å². The van der Waals surface area contributed by atoms with E-state index in [-0.39, 0.29) is 17.5 Å². The van der Waals surface area contributed by atoms with Crippen LogP contribution in [0.5, 0.6) is 0 Å². The molecule has 3 aromatic rings. The zero-order valence-electron chi connectivity index (χ0n) is 17.9. The molecule has 0 fully saturated rings. The summed E-state index contributed by atoms with van der Waals surface area (Å²) in [7, 11) is 0. The van der Waals surface area contributed by atoms with Crippen molar-refractivity contribution in [2.45, 2.75) is 27.7 Å². The van der Waals surface area contributed by atoms with Crippen LogP contribution in [-0.2, 0) is 9.59 Å². The first-order valence-electron chi connectivity index (χ1n) is 10.1. The molecule has 0 aromatic heterocycles. The number of carbonyl (C=O) groups excluding carboxylic acids is 2. The lowest BCUT2D eigenvalue weighted by Gasteiger charge is -2.18. The van der Waals surface area contributed by atoms with Gasteiger partial charge in [0.15, 0.2) is 0 Å². The Morgan fingerprint density at radius 3 is 2.10 bits per heavy atom. The largest absolute Gasteiger partial charge is 0.350 e. The van der Waals surface area contributed by atoms with Gasteiger partial charge >= 0.3 is 0 Å². The van der Waals surface area contributed by atoms with Crippen molar-refractivity contribution in [3.63, 3.8) is 0 Å². The molecular weight excluding hydrogens is 408 g/mol. The summed E-state index contributed by atoms with van der Waals surface area (Å²) >= 11 is 6.09. The highest BCUT2D eigenvalue weighted by atomic mass is 35.5. The van der Waals surface area contributed by atoms with Gasteiger partial charge in [-0.2, -0.15) is 0 Å². The van der Waals surface area contributed by atoms with Crippen molar-refractivity contribution < 1.29 is 9.59 Å². The van der Waals surface area contributed by atoms with Gasteiger partial charge in [-0.25, -0.2) is 4.90 Å². The number of rotatable bonds is 4. The first-order valence-corrected chi connectivity index (χ1v) is 10.4. The molecule has 0 saturated carbocycles. The molecule has 1 N–H and O–H groups in total. The average molecular weight is 431 g/mol. The number of carbonyl (C=O) groups is 2. The van der Waals surface area contributed by atoms with E-state index in [2.05, 4.69) is 5.32 Å². The number of nitrogens with one attached hydrogen (secondary N) is 1. The van der Waals surface area contributed by atoms with E-state index < -0.39 is 0 Å². The highest BCUT2D eigenvalue weighted by Gasteiger charge is 2.41. The second kappa shape index (κ2) is 8.05. The first-order chi connectivity index (χ1) is 14.8. The zero-order valence-corrected chi connectivity index (χ0v) is 18.7. The number of halogens is 1. The summed E-state index contributed by atoms with van der Waals surface area (Å²) in [4.78, 5) is 28.4.